The van der Waals surface area contributed by atoms with Crippen LogP contribution in [0.4, 0.5) is 0 Å². The van der Waals surface area contributed by atoms with Crippen LogP contribution in [0.2, 0.25) is 0 Å². The summed E-state index contributed by atoms with van der Waals surface area (Å²) in [5.41, 5.74) is 0. The van der Waals surface area contributed by atoms with Crippen molar-refractivity contribution in [2.45, 2.75) is 6.04 Å². The zero-order valence-corrected chi connectivity index (χ0v) is 10.8. The first-order valence-corrected chi connectivity index (χ1v) is 6.64. The van der Waals surface area contributed by atoms with Crippen molar-refractivity contribution in [3.8, 4) is 0 Å². The molecule has 0 rings (SSSR count). The van der Waals surface area contributed by atoms with E-state index in [-0.39, 0.29) is 11.5 Å². The molecule has 0 aromatic heterocycles. The number of hydrogen-bond acceptors (Lipinski definition) is 5. The van der Waals surface area contributed by atoms with Crippen LogP contribution in [0.25, 0.3) is 0 Å². The number of carbonyl (C=O) groups is 1. The molecule has 0 saturated carbocycles. The van der Waals surface area contributed by atoms with Crippen molar-refractivity contribution in [2.24, 2.45) is 4.99 Å². The van der Waals surface area contributed by atoms with Gasteiger partial charge in [0.05, 0.1) is 11.7 Å². The molecule has 0 radical (unpaired) electrons. The van der Waals surface area contributed by atoms with Crippen LogP contribution in [0.1, 0.15) is 0 Å². The lowest BCUT2D eigenvalue weighted by Crippen LogP contribution is -2.40. The van der Waals surface area contributed by atoms with Gasteiger partial charge in [-0.05, 0) is 41.7 Å². The summed E-state index contributed by atoms with van der Waals surface area (Å²) >= 11 is 3.14. The van der Waals surface area contributed by atoms with Crippen LogP contribution in [0.3, 0.4) is 0 Å². The Morgan fingerprint density at radius 3 is 3.00 bits per heavy atom. The van der Waals surface area contributed by atoms with Crippen molar-refractivity contribution >= 4 is 34.5 Å². The van der Waals surface area contributed by atoms with Gasteiger partial charge in [0.25, 0.3) is 0 Å². The molecule has 0 aliphatic rings. The van der Waals surface area contributed by atoms with E-state index in [2.05, 4.69) is 34.3 Å². The summed E-state index contributed by atoms with van der Waals surface area (Å²) in [7, 11) is 0. The van der Waals surface area contributed by atoms with Gasteiger partial charge in [0.15, 0.2) is 6.04 Å². The molecule has 0 aromatic rings. The third-order valence-corrected chi connectivity index (χ3v) is 3.07. The van der Waals surface area contributed by atoms with Gasteiger partial charge in [-0.15, -0.1) is 0 Å². The lowest BCUT2D eigenvalue weighted by molar-refractivity contribution is -0.138. The lowest BCUT2D eigenvalue weighted by atomic mass is 10.3. The molecule has 94 valence electrons. The molecule has 0 bridgehead atoms. The number of carboxylic acids is 1. The predicted octanol–water partition coefficient (Wildman–Crippen LogP) is 0.580. The van der Waals surface area contributed by atoms with Gasteiger partial charge in [-0.1, -0.05) is 6.58 Å². The Bertz CT molecular complexity index is 328. The SMILES string of the molecule is C=CC[S+]([O-])C[C@H](NC=CCN=C=S)C(=O)O. The largest absolute Gasteiger partial charge is 0.616 e. The Hall–Kier alpha value is -1.14. The standard InChI is InChI=1S/C10H14N2O3S2/c1-2-6-17(15)7-9(10(13)14)12-5-3-4-11-8-16/h2-3,5,9,12H,1,4,6-7H2,(H,13,14)/t9-,17?/m0/s1. The summed E-state index contributed by atoms with van der Waals surface area (Å²) in [6.45, 7) is 3.78. The fourth-order valence-electron chi connectivity index (χ4n) is 0.903. The van der Waals surface area contributed by atoms with E-state index in [0.29, 0.717) is 6.54 Å². The zero-order chi connectivity index (χ0) is 13.1. The lowest BCUT2D eigenvalue weighted by Gasteiger charge is -2.15. The number of thiocarbonyl (C=S) groups is 1. The van der Waals surface area contributed by atoms with Crippen LogP contribution in [0.5, 0.6) is 0 Å². The highest BCUT2D eigenvalue weighted by atomic mass is 32.2. The Morgan fingerprint density at radius 1 is 1.76 bits per heavy atom. The van der Waals surface area contributed by atoms with Crippen molar-refractivity contribution < 1.29 is 14.5 Å². The minimum Gasteiger partial charge on any atom is -0.616 e. The van der Waals surface area contributed by atoms with E-state index in [1.54, 1.807) is 6.08 Å². The maximum absolute atomic E-state index is 11.4. The second kappa shape index (κ2) is 10.0. The minimum absolute atomic E-state index is 0.0299. The van der Waals surface area contributed by atoms with Crippen molar-refractivity contribution in [1.82, 2.24) is 5.32 Å². The van der Waals surface area contributed by atoms with Crippen LogP contribution in [-0.2, 0) is 16.0 Å². The highest BCUT2D eigenvalue weighted by Crippen LogP contribution is 1.97. The Balaban J connectivity index is 4.15. The molecule has 0 saturated heterocycles. The fraction of sp³-hybridized carbons (Fsp3) is 0.400. The van der Waals surface area contributed by atoms with Crippen LogP contribution >= 0.6 is 12.2 Å². The average molecular weight is 274 g/mol. The van der Waals surface area contributed by atoms with E-state index in [1.165, 1.54) is 12.3 Å². The summed E-state index contributed by atoms with van der Waals surface area (Å²) in [6, 6.07) is -0.886. The minimum atomic E-state index is -1.23. The number of nitrogens with one attached hydrogen (secondary N) is 1. The Morgan fingerprint density at radius 2 is 2.47 bits per heavy atom. The molecular formula is C10H14N2O3S2. The highest BCUT2D eigenvalue weighted by Gasteiger charge is 2.21. The van der Waals surface area contributed by atoms with Gasteiger partial charge >= 0.3 is 5.97 Å². The maximum atomic E-state index is 11.4. The normalized spacial score (nSPS) is 13.7. The summed E-state index contributed by atoms with van der Waals surface area (Å²) in [6.07, 6.45) is 4.56. The highest BCUT2D eigenvalue weighted by molar-refractivity contribution is 7.91. The molecule has 7 heteroatoms. The van der Waals surface area contributed by atoms with Crippen LogP contribution in [0.15, 0.2) is 29.9 Å². The first-order valence-electron chi connectivity index (χ1n) is 4.75. The molecule has 2 N–H and O–H groups in total. The van der Waals surface area contributed by atoms with Crippen molar-refractivity contribution in [3.05, 3.63) is 24.9 Å². The molecule has 0 amide bonds. The summed E-state index contributed by atoms with van der Waals surface area (Å²) < 4.78 is 11.4. The second-order valence-corrected chi connectivity index (χ2v) is 4.68. The topological polar surface area (TPSA) is 84.8 Å². The van der Waals surface area contributed by atoms with E-state index in [4.69, 9.17) is 5.11 Å². The quantitative estimate of drug-likeness (QED) is 0.278. The van der Waals surface area contributed by atoms with Crippen molar-refractivity contribution in [1.29, 1.82) is 0 Å². The molecule has 17 heavy (non-hydrogen) atoms. The summed E-state index contributed by atoms with van der Waals surface area (Å²) in [5.74, 6) is -0.739. The molecule has 2 atom stereocenters. The van der Waals surface area contributed by atoms with E-state index in [0.717, 1.165) is 0 Å². The number of rotatable bonds is 9. The molecule has 1 unspecified atom stereocenters. The average Bonchev–Trinajstić information content (AvgIpc) is 2.27. The number of isothiocyanates is 1. The van der Waals surface area contributed by atoms with Crippen LogP contribution in [0, 0.1) is 0 Å². The summed E-state index contributed by atoms with van der Waals surface area (Å²) in [5, 5.41) is 13.7. The molecule has 0 spiro atoms. The first kappa shape index (κ1) is 15.9. The molecular weight excluding hydrogens is 260 g/mol. The van der Waals surface area contributed by atoms with Crippen molar-refractivity contribution in [2.75, 3.05) is 18.1 Å². The Labute approximate surface area is 108 Å². The Kier molecular flexibility index (Phi) is 9.37. The number of aliphatic carboxylic acids is 1. The van der Waals surface area contributed by atoms with Gasteiger partial charge in [-0.2, -0.15) is 0 Å². The molecule has 0 aliphatic heterocycles. The molecule has 0 heterocycles. The van der Waals surface area contributed by atoms with E-state index < -0.39 is 23.2 Å². The number of hydrogen-bond donors (Lipinski definition) is 2. The van der Waals surface area contributed by atoms with E-state index in [9.17, 15) is 9.35 Å². The predicted molar refractivity (Wildman–Crippen MR) is 71.7 cm³/mol. The zero-order valence-electron chi connectivity index (χ0n) is 9.17. The second-order valence-electron chi connectivity index (χ2n) is 2.95. The first-order chi connectivity index (χ1) is 8.11. The third kappa shape index (κ3) is 8.65. The molecule has 0 aliphatic carbocycles. The van der Waals surface area contributed by atoms with Gasteiger partial charge in [-0.25, -0.2) is 9.79 Å². The number of aliphatic imine (C=N–C) groups is 1. The smallest absolute Gasteiger partial charge is 0.331 e. The fourth-order valence-corrected chi connectivity index (χ4v) is 1.99. The van der Waals surface area contributed by atoms with Gasteiger partial charge in [0.2, 0.25) is 0 Å². The molecule has 0 aromatic carbocycles. The molecule has 5 nitrogen and oxygen atoms in total. The summed E-state index contributed by atoms with van der Waals surface area (Å²) in [4.78, 5) is 14.5. The van der Waals surface area contributed by atoms with Crippen LogP contribution in [-0.4, -0.2) is 44.9 Å². The van der Waals surface area contributed by atoms with Gasteiger partial charge in [-0.3, -0.25) is 0 Å². The monoisotopic (exact) mass is 274 g/mol. The van der Waals surface area contributed by atoms with Gasteiger partial charge < -0.3 is 15.0 Å². The number of carboxylic acid groups (broad SMARTS) is 1. The number of nitrogens with zero attached hydrogens (tertiary/aromatic N) is 1. The van der Waals surface area contributed by atoms with Gasteiger partial charge in [0.1, 0.15) is 11.5 Å². The maximum Gasteiger partial charge on any atom is 0.331 e. The van der Waals surface area contributed by atoms with E-state index in [1.807, 2.05) is 0 Å². The molecule has 0 fully saturated rings. The third-order valence-electron chi connectivity index (χ3n) is 1.63. The van der Waals surface area contributed by atoms with Gasteiger partial charge in [0, 0.05) is 0 Å². The van der Waals surface area contributed by atoms with Crippen LogP contribution < -0.4 is 5.32 Å². The van der Waals surface area contributed by atoms with E-state index >= 15 is 0 Å². The van der Waals surface area contributed by atoms with Crippen molar-refractivity contribution in [3.63, 3.8) is 0 Å².